The van der Waals surface area contributed by atoms with E-state index in [-0.39, 0.29) is 52.4 Å². The Morgan fingerprint density at radius 1 is 0.654 bits per heavy atom. The normalized spacial score (nSPS) is 14.2. The van der Waals surface area contributed by atoms with Crippen molar-refractivity contribution in [2.75, 3.05) is 6.54 Å². The Morgan fingerprint density at radius 2 is 1.23 bits per heavy atom. The van der Waals surface area contributed by atoms with Gasteiger partial charge in [-0.15, -0.1) is 0 Å². The molecule has 1 aliphatic rings. The van der Waals surface area contributed by atoms with Crippen molar-refractivity contribution in [1.29, 1.82) is 10.5 Å². The van der Waals surface area contributed by atoms with Crippen LogP contribution < -0.4 is 16.3 Å². The minimum Gasteiger partial charge on any atom is -0.274 e. The van der Waals surface area contributed by atoms with Crippen LogP contribution in [-0.2, 0) is 6.54 Å². The van der Waals surface area contributed by atoms with Gasteiger partial charge >= 0.3 is 0 Å². The van der Waals surface area contributed by atoms with Crippen LogP contribution in [0, 0.1) is 34.5 Å². The van der Waals surface area contributed by atoms with Crippen molar-refractivity contribution in [2.45, 2.75) is 85.6 Å². The van der Waals surface area contributed by atoms with Crippen LogP contribution in [-0.4, -0.2) is 27.8 Å². The summed E-state index contributed by atoms with van der Waals surface area (Å²) in [5, 5.41) is 26.2. The highest BCUT2D eigenvalue weighted by molar-refractivity contribution is 6.35. The number of nitriles is 2. The average molecular weight is 691 g/mol. The molecule has 0 saturated heterocycles. The molecule has 0 spiro atoms. The Bertz CT molecular complexity index is 2700. The minimum absolute atomic E-state index is 0.0478. The lowest BCUT2D eigenvalue weighted by molar-refractivity contribution is 0.0625. The van der Waals surface area contributed by atoms with Gasteiger partial charge in [0, 0.05) is 29.1 Å². The second-order valence-corrected chi connectivity index (χ2v) is 14.4. The first-order chi connectivity index (χ1) is 25.2. The zero-order valence-corrected chi connectivity index (χ0v) is 30.3. The largest absolute Gasteiger partial charge is 0.274 e. The van der Waals surface area contributed by atoms with Gasteiger partial charge in [-0.25, -0.2) is 0 Å². The monoisotopic (exact) mass is 690 g/mol. The van der Waals surface area contributed by atoms with Gasteiger partial charge in [-0.3, -0.25) is 28.6 Å². The van der Waals surface area contributed by atoms with Crippen LogP contribution >= 0.6 is 0 Å². The highest BCUT2D eigenvalue weighted by atomic mass is 16.2. The van der Waals surface area contributed by atoms with Crippen LogP contribution in [0.4, 0.5) is 0 Å². The topological polar surface area (TPSA) is 124 Å². The van der Waals surface area contributed by atoms with Gasteiger partial charge < -0.3 is 0 Å². The number of nitrogens with zero attached hydrogens (tertiary/aromatic N) is 4. The maximum atomic E-state index is 15.0. The van der Waals surface area contributed by atoms with Crippen molar-refractivity contribution in [3.63, 3.8) is 0 Å². The van der Waals surface area contributed by atoms with Crippen molar-refractivity contribution in [2.24, 2.45) is 11.8 Å². The second-order valence-electron chi connectivity index (χ2n) is 14.4. The molecule has 0 N–H and O–H groups in total. The summed E-state index contributed by atoms with van der Waals surface area (Å²) in [6.07, 6.45) is 7.20. The fourth-order valence-corrected chi connectivity index (χ4v) is 8.49. The summed E-state index contributed by atoms with van der Waals surface area (Å²) in [5.74, 6) is -0.769. The number of hydrogen-bond acceptors (Lipinski definition) is 6. The van der Waals surface area contributed by atoms with E-state index in [1.807, 2.05) is 36.4 Å². The van der Waals surface area contributed by atoms with Gasteiger partial charge in [-0.1, -0.05) is 90.5 Å². The molecule has 8 heteroatoms. The first-order valence-corrected chi connectivity index (χ1v) is 18.7. The Balaban J connectivity index is 1.66. The van der Waals surface area contributed by atoms with Crippen molar-refractivity contribution in [3.8, 4) is 12.1 Å². The first-order valence-electron chi connectivity index (χ1n) is 18.7. The molecule has 0 saturated carbocycles. The molecule has 0 radical (unpaired) electrons. The highest BCUT2D eigenvalue weighted by Crippen LogP contribution is 2.40. The number of amides is 2. The zero-order chi connectivity index (χ0) is 36.8. The van der Waals surface area contributed by atoms with Gasteiger partial charge in [0.15, 0.2) is 0 Å². The maximum Gasteiger partial charge on any atom is 0.262 e. The number of aromatic nitrogens is 1. The smallest absolute Gasteiger partial charge is 0.262 e. The lowest BCUT2D eigenvalue weighted by Gasteiger charge is -2.21. The zero-order valence-electron chi connectivity index (χ0n) is 30.3. The van der Waals surface area contributed by atoms with Gasteiger partial charge in [0.05, 0.1) is 21.9 Å². The molecular weight excluding hydrogens is 649 g/mol. The number of pyridine rings is 1. The van der Waals surface area contributed by atoms with E-state index in [1.165, 1.54) is 9.47 Å². The Kier molecular flexibility index (Phi) is 9.27. The predicted octanol–water partition coefficient (Wildman–Crippen LogP) is 8.36. The van der Waals surface area contributed by atoms with Crippen molar-refractivity contribution < 1.29 is 9.59 Å². The van der Waals surface area contributed by atoms with E-state index in [9.17, 15) is 29.7 Å². The molecular formula is C44H42N4O4. The van der Waals surface area contributed by atoms with Gasteiger partial charge in [0.1, 0.15) is 17.7 Å². The van der Waals surface area contributed by atoms with Gasteiger partial charge in [-0.05, 0) is 81.3 Å². The van der Waals surface area contributed by atoms with Crippen LogP contribution in [0.1, 0.15) is 99.8 Å². The Hall–Kier alpha value is -5.60. The van der Waals surface area contributed by atoms with Crippen LogP contribution in [0.5, 0.6) is 0 Å². The van der Waals surface area contributed by atoms with Crippen molar-refractivity contribution in [3.05, 3.63) is 85.6 Å². The highest BCUT2D eigenvalue weighted by Gasteiger charge is 2.40. The summed E-state index contributed by atoms with van der Waals surface area (Å²) >= 11 is 0. The lowest BCUT2D eigenvalue weighted by atomic mass is 9.91. The third-order valence-electron chi connectivity index (χ3n) is 11.4. The summed E-state index contributed by atoms with van der Waals surface area (Å²) in [4.78, 5) is 59.6. The summed E-state index contributed by atoms with van der Waals surface area (Å²) in [5.41, 5.74) is -0.908. The number of imide groups is 1. The molecule has 8 nitrogen and oxygen atoms in total. The van der Waals surface area contributed by atoms with E-state index in [0.717, 1.165) is 62.1 Å². The molecule has 52 heavy (non-hydrogen) atoms. The summed E-state index contributed by atoms with van der Waals surface area (Å²) < 4.78 is 1.29. The number of benzene rings is 4. The SMILES string of the molecule is CCCCC(CC)CN1C(=O)c2cc3cc4c(=C(C#N)C#N)c5cc6ccccc6cc5c4c4c(=O)n(CC(CC)CCCC)c(=O)c(c2C1=O)c34. The van der Waals surface area contributed by atoms with E-state index in [0.29, 0.717) is 37.5 Å². The molecule has 2 amide bonds. The third kappa shape index (κ3) is 5.32. The number of carbonyl (C=O) groups excluding carboxylic acids is 2. The molecule has 2 unspecified atom stereocenters. The van der Waals surface area contributed by atoms with Crippen LogP contribution in [0.2, 0.25) is 0 Å². The van der Waals surface area contributed by atoms with E-state index in [4.69, 9.17) is 0 Å². The number of carbonyl (C=O) groups is 2. The van der Waals surface area contributed by atoms with E-state index < -0.39 is 22.9 Å². The van der Waals surface area contributed by atoms with Crippen molar-refractivity contribution in [1.82, 2.24) is 9.47 Å². The molecule has 1 aromatic heterocycles. The van der Waals surface area contributed by atoms with E-state index in [2.05, 4.69) is 39.8 Å². The lowest BCUT2D eigenvalue weighted by Crippen LogP contribution is -2.37. The standard InChI is InChI=1S/C44H42N4O4/c1-5-9-13-25(7-3)23-47-41(49)34-20-29-19-33-35(30(21-45)22-46)31-17-27-15-11-12-16-28(27)18-32(31)37(33)39-36(29)40(38(34)42(47)50)44(52)48(43(39)51)24-26(8-4)14-10-6-2/h11-12,15-20,25-26H,5-10,13-14,23-24H2,1-4H3. The summed E-state index contributed by atoms with van der Waals surface area (Å²) in [7, 11) is 0. The molecule has 6 aromatic rings. The van der Waals surface area contributed by atoms with E-state index >= 15 is 0 Å². The molecule has 2 atom stereocenters. The minimum atomic E-state index is -0.558. The van der Waals surface area contributed by atoms with E-state index in [1.54, 1.807) is 12.1 Å². The molecule has 0 aliphatic carbocycles. The summed E-state index contributed by atoms with van der Waals surface area (Å²) in [6.45, 7) is 8.77. The molecule has 1 aliphatic heterocycles. The van der Waals surface area contributed by atoms with Gasteiger partial charge in [-0.2, -0.15) is 10.5 Å². The number of hydrogen-bond donors (Lipinski definition) is 0. The summed E-state index contributed by atoms with van der Waals surface area (Å²) in [6, 6.07) is 19.3. The molecule has 262 valence electrons. The Labute approximate surface area is 301 Å². The number of fused-ring (bicyclic) bond motifs is 7. The predicted molar refractivity (Wildman–Crippen MR) is 208 cm³/mol. The third-order valence-corrected chi connectivity index (χ3v) is 11.4. The van der Waals surface area contributed by atoms with Gasteiger partial charge in [0.2, 0.25) is 0 Å². The fourth-order valence-electron chi connectivity index (χ4n) is 8.49. The molecule has 0 fully saturated rings. The second kappa shape index (κ2) is 13.8. The number of unbranched alkanes of at least 4 members (excludes halogenated alkanes) is 2. The fraction of sp³-hybridized carbons (Fsp3) is 0.364. The molecule has 2 heterocycles. The van der Waals surface area contributed by atoms with Gasteiger partial charge in [0.25, 0.3) is 22.9 Å². The first kappa shape index (κ1) is 34.8. The molecule has 7 rings (SSSR count). The number of rotatable bonds is 12. The molecule has 5 aromatic carbocycles. The average Bonchev–Trinajstić information content (AvgIpc) is 3.59. The molecule has 0 bridgehead atoms. The van der Waals surface area contributed by atoms with Crippen LogP contribution in [0.15, 0.2) is 58.1 Å². The van der Waals surface area contributed by atoms with Crippen LogP contribution in [0.3, 0.4) is 0 Å². The maximum absolute atomic E-state index is 15.0. The van der Waals surface area contributed by atoms with Crippen molar-refractivity contribution >= 4 is 71.2 Å². The van der Waals surface area contributed by atoms with Crippen LogP contribution in [0.25, 0.3) is 59.4 Å². The quantitative estimate of drug-likeness (QED) is 0.119. The Morgan fingerprint density at radius 3 is 1.83 bits per heavy atom.